The fraction of sp³-hybridized carbons (Fsp3) is 0.294. The quantitative estimate of drug-likeness (QED) is 0.858. The summed E-state index contributed by atoms with van der Waals surface area (Å²) < 4.78 is 6.98. The number of alkyl carbamates (subject to hydrolysis) is 1. The monoisotopic (exact) mass is 316 g/mol. The summed E-state index contributed by atoms with van der Waals surface area (Å²) in [5.74, 6) is -0.945. The summed E-state index contributed by atoms with van der Waals surface area (Å²) in [6, 6.07) is 11.1. The maximum atomic E-state index is 11.7. The summed E-state index contributed by atoms with van der Waals surface area (Å²) in [5, 5.41) is 11.8. The molecular formula is C17H20N2O4. The van der Waals surface area contributed by atoms with Crippen LogP contribution in [0.15, 0.2) is 36.4 Å². The molecule has 2 rings (SSSR count). The fourth-order valence-electron chi connectivity index (χ4n) is 2.41. The molecule has 2 N–H and O–H groups in total. The highest BCUT2D eigenvalue weighted by molar-refractivity contribution is 5.89. The van der Waals surface area contributed by atoms with Gasteiger partial charge in [0.15, 0.2) is 0 Å². The molecule has 0 fully saturated rings. The molecule has 6 heteroatoms. The molecule has 2 aromatic rings. The number of aromatic carboxylic acids is 1. The normalized spacial score (nSPS) is 10.3. The lowest BCUT2D eigenvalue weighted by atomic mass is 10.2. The second-order valence-electron chi connectivity index (χ2n) is 5.23. The first kappa shape index (κ1) is 16.6. The van der Waals surface area contributed by atoms with Crippen molar-refractivity contribution in [1.82, 2.24) is 9.88 Å². The van der Waals surface area contributed by atoms with Crippen LogP contribution in [0, 0.1) is 13.8 Å². The van der Waals surface area contributed by atoms with E-state index in [9.17, 15) is 9.59 Å². The van der Waals surface area contributed by atoms with Gasteiger partial charge in [-0.15, -0.1) is 0 Å². The van der Waals surface area contributed by atoms with Gasteiger partial charge in [-0.1, -0.05) is 30.3 Å². The van der Waals surface area contributed by atoms with E-state index in [-0.39, 0.29) is 12.2 Å². The number of aromatic nitrogens is 1. The van der Waals surface area contributed by atoms with Crippen molar-refractivity contribution in [2.45, 2.75) is 27.0 Å². The van der Waals surface area contributed by atoms with Crippen molar-refractivity contribution in [1.29, 1.82) is 0 Å². The first-order chi connectivity index (χ1) is 11.0. The van der Waals surface area contributed by atoms with Gasteiger partial charge < -0.3 is 19.7 Å². The molecule has 0 unspecified atom stereocenters. The molecule has 1 aromatic heterocycles. The number of nitrogens with zero attached hydrogens (tertiary/aromatic N) is 1. The van der Waals surface area contributed by atoms with Crippen LogP contribution in [-0.2, 0) is 17.9 Å². The SMILES string of the molecule is Cc1cc(C(=O)O)c(C)n1CCNC(=O)OCc1ccccc1. The third-order valence-electron chi connectivity index (χ3n) is 3.62. The standard InChI is InChI=1S/C17H20N2O4/c1-12-10-15(16(20)21)13(2)19(12)9-8-18-17(22)23-11-14-6-4-3-5-7-14/h3-7,10H,8-9,11H2,1-2H3,(H,18,22)(H,20,21). The summed E-state index contributed by atoms with van der Waals surface area (Å²) in [6.07, 6.45) is -0.491. The molecule has 0 spiro atoms. The predicted octanol–water partition coefficient (Wildman–Crippen LogP) is 2.73. The molecule has 6 nitrogen and oxygen atoms in total. The maximum absolute atomic E-state index is 11.7. The minimum Gasteiger partial charge on any atom is -0.478 e. The zero-order chi connectivity index (χ0) is 16.8. The van der Waals surface area contributed by atoms with Crippen LogP contribution >= 0.6 is 0 Å². The van der Waals surface area contributed by atoms with E-state index < -0.39 is 12.1 Å². The second kappa shape index (κ2) is 7.49. The number of benzene rings is 1. The van der Waals surface area contributed by atoms with Crippen LogP contribution in [0.2, 0.25) is 0 Å². The molecule has 23 heavy (non-hydrogen) atoms. The Kier molecular flexibility index (Phi) is 5.41. The molecule has 0 atom stereocenters. The number of aryl methyl sites for hydroxylation is 1. The highest BCUT2D eigenvalue weighted by atomic mass is 16.5. The Labute approximate surface area is 134 Å². The lowest BCUT2D eigenvalue weighted by Gasteiger charge is -2.11. The molecule has 0 aliphatic carbocycles. The van der Waals surface area contributed by atoms with Crippen molar-refractivity contribution in [3.8, 4) is 0 Å². The van der Waals surface area contributed by atoms with Crippen LogP contribution in [0.1, 0.15) is 27.3 Å². The predicted molar refractivity (Wildman–Crippen MR) is 85.5 cm³/mol. The topological polar surface area (TPSA) is 80.6 Å². The number of carboxylic acids is 1. The van der Waals surface area contributed by atoms with E-state index in [0.29, 0.717) is 18.8 Å². The Bertz CT molecular complexity index is 692. The van der Waals surface area contributed by atoms with Crippen molar-refractivity contribution in [3.05, 3.63) is 58.9 Å². The van der Waals surface area contributed by atoms with E-state index in [2.05, 4.69) is 5.32 Å². The Morgan fingerprint density at radius 1 is 1.22 bits per heavy atom. The smallest absolute Gasteiger partial charge is 0.407 e. The fourth-order valence-corrected chi connectivity index (χ4v) is 2.41. The Hall–Kier alpha value is -2.76. The van der Waals surface area contributed by atoms with E-state index in [0.717, 1.165) is 11.3 Å². The van der Waals surface area contributed by atoms with Crippen LogP contribution < -0.4 is 5.32 Å². The number of carboxylic acid groups (broad SMARTS) is 1. The van der Waals surface area contributed by atoms with E-state index in [1.165, 1.54) is 0 Å². The number of rotatable bonds is 6. The molecule has 0 radical (unpaired) electrons. The van der Waals surface area contributed by atoms with Crippen molar-refractivity contribution < 1.29 is 19.4 Å². The first-order valence-corrected chi connectivity index (χ1v) is 7.33. The molecule has 1 amide bonds. The Morgan fingerprint density at radius 2 is 1.91 bits per heavy atom. The summed E-state index contributed by atoms with van der Waals surface area (Å²) in [7, 11) is 0. The molecule has 122 valence electrons. The number of amides is 1. The van der Waals surface area contributed by atoms with Gasteiger partial charge in [0.1, 0.15) is 6.61 Å². The van der Waals surface area contributed by atoms with Crippen LogP contribution in [0.4, 0.5) is 4.79 Å². The zero-order valence-electron chi connectivity index (χ0n) is 13.2. The van der Waals surface area contributed by atoms with Gasteiger partial charge in [-0.3, -0.25) is 0 Å². The lowest BCUT2D eigenvalue weighted by molar-refractivity contribution is 0.0695. The minimum atomic E-state index is -0.945. The van der Waals surface area contributed by atoms with Gasteiger partial charge in [0, 0.05) is 24.5 Å². The number of nitrogens with one attached hydrogen (secondary N) is 1. The molecular weight excluding hydrogens is 296 g/mol. The molecule has 0 saturated heterocycles. The van der Waals surface area contributed by atoms with Crippen molar-refractivity contribution in [3.63, 3.8) is 0 Å². The van der Waals surface area contributed by atoms with E-state index >= 15 is 0 Å². The molecule has 0 saturated carbocycles. The van der Waals surface area contributed by atoms with Crippen molar-refractivity contribution >= 4 is 12.1 Å². The van der Waals surface area contributed by atoms with Crippen molar-refractivity contribution in [2.75, 3.05) is 6.54 Å². The summed E-state index contributed by atoms with van der Waals surface area (Å²) in [4.78, 5) is 22.7. The number of carbonyl (C=O) groups is 2. The average molecular weight is 316 g/mol. The van der Waals surface area contributed by atoms with Crippen LogP contribution in [0.25, 0.3) is 0 Å². The van der Waals surface area contributed by atoms with Gasteiger partial charge in [0.25, 0.3) is 0 Å². The average Bonchev–Trinajstić information content (AvgIpc) is 2.82. The Morgan fingerprint density at radius 3 is 2.52 bits per heavy atom. The number of hydrogen-bond donors (Lipinski definition) is 2. The molecule has 0 aliphatic rings. The third-order valence-corrected chi connectivity index (χ3v) is 3.62. The first-order valence-electron chi connectivity index (χ1n) is 7.33. The van der Waals surface area contributed by atoms with Gasteiger partial charge in [-0.25, -0.2) is 9.59 Å². The minimum absolute atomic E-state index is 0.220. The maximum Gasteiger partial charge on any atom is 0.407 e. The van der Waals surface area contributed by atoms with Gasteiger partial charge in [-0.05, 0) is 25.5 Å². The number of carbonyl (C=O) groups excluding carboxylic acids is 1. The van der Waals surface area contributed by atoms with Gasteiger partial charge in [0.2, 0.25) is 0 Å². The van der Waals surface area contributed by atoms with E-state index in [1.807, 2.05) is 41.8 Å². The van der Waals surface area contributed by atoms with Crippen LogP contribution in [0.5, 0.6) is 0 Å². The zero-order valence-corrected chi connectivity index (χ0v) is 13.2. The van der Waals surface area contributed by atoms with Gasteiger partial charge in [-0.2, -0.15) is 0 Å². The third kappa shape index (κ3) is 4.35. The van der Waals surface area contributed by atoms with Gasteiger partial charge >= 0.3 is 12.1 Å². The second-order valence-corrected chi connectivity index (χ2v) is 5.23. The molecule has 1 aromatic carbocycles. The number of hydrogen-bond acceptors (Lipinski definition) is 3. The van der Waals surface area contributed by atoms with Crippen LogP contribution in [-0.4, -0.2) is 28.3 Å². The largest absolute Gasteiger partial charge is 0.478 e. The van der Waals surface area contributed by atoms with Crippen LogP contribution in [0.3, 0.4) is 0 Å². The van der Waals surface area contributed by atoms with Gasteiger partial charge in [0.05, 0.1) is 5.56 Å². The molecule has 1 heterocycles. The van der Waals surface area contributed by atoms with E-state index in [4.69, 9.17) is 9.84 Å². The lowest BCUT2D eigenvalue weighted by Crippen LogP contribution is -2.28. The molecule has 0 aliphatic heterocycles. The highest BCUT2D eigenvalue weighted by Crippen LogP contribution is 2.14. The summed E-state index contributed by atoms with van der Waals surface area (Å²) >= 11 is 0. The highest BCUT2D eigenvalue weighted by Gasteiger charge is 2.14. The van der Waals surface area contributed by atoms with Crippen molar-refractivity contribution in [2.24, 2.45) is 0 Å². The summed E-state index contributed by atoms with van der Waals surface area (Å²) in [6.45, 7) is 4.67. The van der Waals surface area contributed by atoms with E-state index in [1.54, 1.807) is 13.0 Å². The summed E-state index contributed by atoms with van der Waals surface area (Å²) in [5.41, 5.74) is 2.73. The Balaban J connectivity index is 1.81. The number of ether oxygens (including phenoxy) is 1. The molecule has 0 bridgehead atoms.